The Bertz CT molecular complexity index is 1190. The monoisotopic (exact) mass is 709 g/mol. The molecule has 0 spiro atoms. The van der Waals surface area contributed by atoms with Crippen molar-refractivity contribution in [3.8, 4) is 0 Å². The normalized spacial score (nSPS) is 55.3. The predicted molar refractivity (Wildman–Crippen MR) is 218 cm³/mol. The summed E-state index contributed by atoms with van der Waals surface area (Å²) in [7, 11) is 0. The maximum Gasteiger partial charge on any atom is -0.0349 e. The molecule has 19 atom stereocenters. The Hall–Kier alpha value is 0. The fourth-order valence-electron chi connectivity index (χ4n) is 20.1. The fraction of sp³-hybridized carbons (Fsp3) is 1.00. The van der Waals surface area contributed by atoms with E-state index in [1.165, 1.54) is 0 Å². The van der Waals surface area contributed by atoms with E-state index in [1.807, 2.05) is 0 Å². The molecule has 52 heavy (non-hydrogen) atoms. The second-order valence-electron chi connectivity index (χ2n) is 23.8. The van der Waals surface area contributed by atoms with Gasteiger partial charge in [0, 0.05) is 0 Å². The van der Waals surface area contributed by atoms with Crippen LogP contribution in [-0.4, -0.2) is 0 Å². The smallest absolute Gasteiger partial charge is 0.0349 e. The van der Waals surface area contributed by atoms with Crippen LogP contribution >= 0.6 is 0 Å². The molecule has 0 bridgehead atoms. The van der Waals surface area contributed by atoms with Crippen LogP contribution in [0.4, 0.5) is 0 Å². The molecule has 0 saturated heterocycles. The number of rotatable bonds is 4. The molecule has 19 unspecified atom stereocenters. The Morgan fingerprint density at radius 2 is 0.481 bits per heavy atom. The van der Waals surface area contributed by atoms with E-state index in [0.717, 1.165) is 118 Å². The van der Waals surface area contributed by atoms with Gasteiger partial charge in [-0.15, -0.1) is 0 Å². The van der Waals surface area contributed by atoms with Crippen LogP contribution in [0.15, 0.2) is 0 Å². The maximum absolute atomic E-state index is 1.72. The Morgan fingerprint density at radius 1 is 0.135 bits per heavy atom. The lowest BCUT2D eigenvalue weighted by atomic mass is 9.52. The lowest BCUT2D eigenvalue weighted by molar-refractivity contribution is -0.0300. The van der Waals surface area contributed by atoms with Gasteiger partial charge in [-0.1, -0.05) is 109 Å². The summed E-state index contributed by atoms with van der Waals surface area (Å²) in [5.41, 5.74) is 0. The predicted octanol–water partition coefficient (Wildman–Crippen LogP) is 14.9. The number of hydrogen-bond acceptors (Lipinski definition) is 0. The van der Waals surface area contributed by atoms with Gasteiger partial charge in [-0.05, 0) is 215 Å². The average Bonchev–Trinajstić information content (AvgIpc) is 3.77. The lowest BCUT2D eigenvalue weighted by Gasteiger charge is -2.53. The molecule has 11 rings (SSSR count). The van der Waals surface area contributed by atoms with E-state index in [1.54, 1.807) is 205 Å². The number of fused-ring (bicyclic) bond motifs is 8. The molecule has 11 fully saturated rings. The molecule has 0 nitrogen and oxygen atoms in total. The van der Waals surface area contributed by atoms with Crippen molar-refractivity contribution in [3.63, 3.8) is 0 Å². The first-order valence-corrected chi connectivity index (χ1v) is 25.7. The van der Waals surface area contributed by atoms with Crippen LogP contribution < -0.4 is 0 Å². The van der Waals surface area contributed by atoms with Gasteiger partial charge in [-0.2, -0.15) is 0 Å². The molecule has 11 saturated carbocycles. The topological polar surface area (TPSA) is 0 Å². The van der Waals surface area contributed by atoms with Crippen molar-refractivity contribution in [3.05, 3.63) is 0 Å². The zero-order valence-electron chi connectivity index (χ0n) is 34.2. The summed E-state index contributed by atoms with van der Waals surface area (Å²) in [6.45, 7) is 0. The fourth-order valence-corrected chi connectivity index (χ4v) is 20.1. The molecular formula is C52H84. The van der Waals surface area contributed by atoms with Gasteiger partial charge in [-0.25, -0.2) is 0 Å². The van der Waals surface area contributed by atoms with Crippen molar-refractivity contribution in [2.75, 3.05) is 0 Å². The summed E-state index contributed by atoms with van der Waals surface area (Å²) in [6, 6.07) is 0. The largest absolute Gasteiger partial charge is 0.0533 e. The van der Waals surface area contributed by atoms with Crippen molar-refractivity contribution < 1.29 is 0 Å². The van der Waals surface area contributed by atoms with Gasteiger partial charge in [0.2, 0.25) is 0 Å². The van der Waals surface area contributed by atoms with Crippen molar-refractivity contribution in [1.82, 2.24) is 0 Å². The summed E-state index contributed by atoms with van der Waals surface area (Å²) in [5, 5.41) is 0. The molecule has 0 amide bonds. The van der Waals surface area contributed by atoms with Crippen molar-refractivity contribution in [2.24, 2.45) is 118 Å². The SMILES string of the molecule is C1CCC(C2CC(C3CC(C4CCC5CCCCC5C4)CC(C4CCCC5C6CCCCC6CC45)C3)CC3C4CC5CCCCC5CC4CC23)CC1. The first-order valence-electron chi connectivity index (χ1n) is 25.7. The molecule has 0 aromatic rings. The Morgan fingerprint density at radius 3 is 1.29 bits per heavy atom. The van der Waals surface area contributed by atoms with Gasteiger partial charge in [0.15, 0.2) is 0 Å². The van der Waals surface area contributed by atoms with Gasteiger partial charge in [0.05, 0.1) is 0 Å². The molecule has 0 heteroatoms. The van der Waals surface area contributed by atoms with Crippen LogP contribution in [0.2, 0.25) is 0 Å². The zero-order valence-corrected chi connectivity index (χ0v) is 34.2. The van der Waals surface area contributed by atoms with Gasteiger partial charge in [0.25, 0.3) is 0 Å². The van der Waals surface area contributed by atoms with Gasteiger partial charge >= 0.3 is 0 Å². The second kappa shape index (κ2) is 15.1. The Labute approximate surface area is 322 Å². The van der Waals surface area contributed by atoms with Crippen molar-refractivity contribution in [2.45, 2.75) is 205 Å². The van der Waals surface area contributed by atoms with Gasteiger partial charge in [0.1, 0.15) is 0 Å². The molecule has 0 heterocycles. The minimum absolute atomic E-state index is 1.11. The number of hydrogen-bond donors (Lipinski definition) is 0. The van der Waals surface area contributed by atoms with E-state index in [4.69, 9.17) is 0 Å². The molecule has 0 N–H and O–H groups in total. The summed E-state index contributed by atoms with van der Waals surface area (Å²) in [4.78, 5) is 0. The van der Waals surface area contributed by atoms with E-state index < -0.39 is 0 Å². The highest BCUT2D eigenvalue weighted by Crippen LogP contribution is 2.65. The summed E-state index contributed by atoms with van der Waals surface area (Å²) in [5.74, 6) is 22.6. The van der Waals surface area contributed by atoms with E-state index in [0.29, 0.717) is 0 Å². The van der Waals surface area contributed by atoms with Crippen molar-refractivity contribution >= 4 is 0 Å². The van der Waals surface area contributed by atoms with E-state index in [9.17, 15) is 0 Å². The molecule has 0 aromatic heterocycles. The first kappa shape index (κ1) is 35.2. The molecule has 0 aliphatic heterocycles. The van der Waals surface area contributed by atoms with E-state index in [-0.39, 0.29) is 0 Å². The van der Waals surface area contributed by atoms with Crippen LogP contribution in [0.3, 0.4) is 0 Å². The summed E-state index contributed by atoms with van der Waals surface area (Å²) in [6.07, 6.45) is 52.1. The third-order valence-corrected chi connectivity index (χ3v) is 22.1. The maximum atomic E-state index is 1.72. The van der Waals surface area contributed by atoms with Crippen LogP contribution in [-0.2, 0) is 0 Å². The highest BCUT2D eigenvalue weighted by atomic mass is 14.6. The molecule has 292 valence electrons. The Balaban J connectivity index is 0.883. The van der Waals surface area contributed by atoms with Crippen LogP contribution in [0.25, 0.3) is 0 Å². The molecular weight excluding hydrogens is 625 g/mol. The highest BCUT2D eigenvalue weighted by Gasteiger charge is 2.57. The van der Waals surface area contributed by atoms with Crippen LogP contribution in [0.5, 0.6) is 0 Å². The van der Waals surface area contributed by atoms with Crippen molar-refractivity contribution in [1.29, 1.82) is 0 Å². The zero-order chi connectivity index (χ0) is 34.2. The highest BCUT2D eigenvalue weighted by molar-refractivity contribution is 5.06. The molecule has 0 radical (unpaired) electrons. The van der Waals surface area contributed by atoms with Crippen LogP contribution in [0, 0.1) is 118 Å². The third-order valence-electron chi connectivity index (χ3n) is 22.1. The summed E-state index contributed by atoms with van der Waals surface area (Å²) >= 11 is 0. The lowest BCUT2D eigenvalue weighted by Crippen LogP contribution is -2.44. The average molecular weight is 709 g/mol. The van der Waals surface area contributed by atoms with Crippen LogP contribution in [0.1, 0.15) is 205 Å². The van der Waals surface area contributed by atoms with Gasteiger partial charge < -0.3 is 0 Å². The third kappa shape index (κ3) is 6.49. The minimum atomic E-state index is 1.11. The molecule has 11 aliphatic rings. The summed E-state index contributed by atoms with van der Waals surface area (Å²) < 4.78 is 0. The quantitative estimate of drug-likeness (QED) is 0.273. The van der Waals surface area contributed by atoms with Gasteiger partial charge in [-0.3, -0.25) is 0 Å². The minimum Gasteiger partial charge on any atom is -0.0533 e. The standard InChI is InChI=1S/C52H84/c1-2-12-34(13-3-1)48-30-42(31-51-49-28-37-16-7-6-15-36(37)24-44(49)32-52(48)51)41-25-40(38-22-21-33-11-4-5-14-35(33)23-38)26-43(27-41)46-19-10-20-47-45-18-9-8-17-39(45)29-50(46)47/h33-52H,1-32H2. The molecule has 11 aliphatic carbocycles. The first-order chi connectivity index (χ1) is 25.7. The van der Waals surface area contributed by atoms with E-state index in [2.05, 4.69) is 0 Å². The molecule has 0 aromatic carbocycles. The van der Waals surface area contributed by atoms with E-state index >= 15 is 0 Å². The Kier molecular flexibility index (Phi) is 10.2. The second-order valence-corrected chi connectivity index (χ2v) is 23.8.